The van der Waals surface area contributed by atoms with E-state index in [0.717, 1.165) is 11.8 Å². The normalized spacial score (nSPS) is 11.4. The molecule has 0 amide bonds. The fourth-order valence-corrected chi connectivity index (χ4v) is 2.05. The summed E-state index contributed by atoms with van der Waals surface area (Å²) in [4.78, 5) is 11.8. The van der Waals surface area contributed by atoms with Crippen molar-refractivity contribution in [1.82, 2.24) is 0 Å². The monoisotopic (exact) mass is 264 g/mol. The average molecular weight is 264 g/mol. The first kappa shape index (κ1) is 13.9. The van der Waals surface area contributed by atoms with Crippen LogP contribution in [0.15, 0.2) is 23.1 Å². The molecule has 0 N–H and O–H groups in total. The quantitative estimate of drug-likeness (QED) is 0.609. The maximum atomic E-state index is 12.2. The molecule has 6 heteroatoms. The molecule has 0 radical (unpaired) electrons. The van der Waals surface area contributed by atoms with Gasteiger partial charge in [-0.1, -0.05) is 19.1 Å². The lowest BCUT2D eigenvalue weighted by atomic mass is 10.1. The van der Waals surface area contributed by atoms with E-state index in [2.05, 4.69) is 4.74 Å². The fraction of sp³-hybridized carbons (Fsp3) is 0.364. The minimum Gasteiger partial charge on any atom is -0.405 e. The van der Waals surface area contributed by atoms with Crippen LogP contribution in [0, 0.1) is 0 Å². The smallest absolute Gasteiger partial charge is 0.405 e. The van der Waals surface area contributed by atoms with Crippen LogP contribution < -0.4 is 4.74 Å². The highest BCUT2D eigenvalue weighted by Crippen LogP contribution is 2.35. The van der Waals surface area contributed by atoms with Crippen molar-refractivity contribution in [2.75, 3.05) is 6.26 Å². The van der Waals surface area contributed by atoms with Crippen LogP contribution in [-0.4, -0.2) is 18.4 Å². The number of carbonyl (C=O) groups is 1. The fourth-order valence-electron chi connectivity index (χ4n) is 1.34. The molecule has 0 bridgehead atoms. The molecular formula is C11H11F3O2S. The SMILES string of the molecule is CCC(=O)c1cccc(OC(F)(F)F)c1SC. The third-order valence-corrected chi connectivity index (χ3v) is 2.86. The Morgan fingerprint density at radius 1 is 1.41 bits per heavy atom. The van der Waals surface area contributed by atoms with E-state index < -0.39 is 6.36 Å². The van der Waals surface area contributed by atoms with E-state index in [4.69, 9.17) is 0 Å². The van der Waals surface area contributed by atoms with E-state index in [0.29, 0.717) is 0 Å². The number of hydrogen-bond donors (Lipinski definition) is 0. The number of ketones is 1. The van der Waals surface area contributed by atoms with Crippen LogP contribution in [0.1, 0.15) is 23.7 Å². The molecule has 0 saturated carbocycles. The molecule has 0 aromatic heterocycles. The van der Waals surface area contributed by atoms with Crippen molar-refractivity contribution in [3.8, 4) is 5.75 Å². The van der Waals surface area contributed by atoms with Gasteiger partial charge in [0.15, 0.2) is 5.78 Å². The van der Waals surface area contributed by atoms with Crippen molar-refractivity contribution in [1.29, 1.82) is 0 Å². The van der Waals surface area contributed by atoms with Crippen LogP contribution in [0.4, 0.5) is 13.2 Å². The summed E-state index contributed by atoms with van der Waals surface area (Å²) in [5.74, 6) is -0.536. The van der Waals surface area contributed by atoms with Crippen molar-refractivity contribution < 1.29 is 22.7 Å². The van der Waals surface area contributed by atoms with Crippen molar-refractivity contribution in [2.45, 2.75) is 24.6 Å². The minimum absolute atomic E-state index is 0.207. The van der Waals surface area contributed by atoms with Crippen LogP contribution in [0.3, 0.4) is 0 Å². The highest BCUT2D eigenvalue weighted by atomic mass is 32.2. The van der Waals surface area contributed by atoms with Gasteiger partial charge in [-0.3, -0.25) is 4.79 Å². The Balaban J connectivity index is 3.19. The van der Waals surface area contributed by atoms with Crippen LogP contribution in [0.2, 0.25) is 0 Å². The molecule has 0 unspecified atom stereocenters. The number of benzene rings is 1. The van der Waals surface area contributed by atoms with E-state index in [1.165, 1.54) is 18.2 Å². The Kier molecular flexibility index (Phi) is 4.45. The van der Waals surface area contributed by atoms with E-state index in [1.54, 1.807) is 13.2 Å². The van der Waals surface area contributed by atoms with Gasteiger partial charge in [0.2, 0.25) is 0 Å². The van der Waals surface area contributed by atoms with Gasteiger partial charge in [-0.2, -0.15) is 0 Å². The third kappa shape index (κ3) is 3.66. The molecule has 94 valence electrons. The number of thioether (sulfide) groups is 1. The Morgan fingerprint density at radius 3 is 2.53 bits per heavy atom. The van der Waals surface area contributed by atoms with Gasteiger partial charge in [0, 0.05) is 12.0 Å². The summed E-state index contributed by atoms with van der Waals surface area (Å²) >= 11 is 1.06. The Morgan fingerprint density at radius 2 is 2.06 bits per heavy atom. The summed E-state index contributed by atoms with van der Waals surface area (Å²) in [6.07, 6.45) is -2.91. The number of hydrogen-bond acceptors (Lipinski definition) is 3. The molecule has 0 aliphatic rings. The highest BCUT2D eigenvalue weighted by molar-refractivity contribution is 7.98. The van der Waals surface area contributed by atoms with Crippen LogP contribution in [0.5, 0.6) is 5.75 Å². The molecule has 0 heterocycles. The number of halogens is 3. The lowest BCUT2D eigenvalue weighted by Crippen LogP contribution is -2.18. The summed E-state index contributed by atoms with van der Waals surface area (Å²) in [6, 6.07) is 4.08. The van der Waals surface area contributed by atoms with Gasteiger partial charge in [0.05, 0.1) is 4.90 Å². The van der Waals surface area contributed by atoms with Gasteiger partial charge >= 0.3 is 6.36 Å². The first-order chi connectivity index (χ1) is 7.89. The van der Waals surface area contributed by atoms with Gasteiger partial charge in [0.25, 0.3) is 0 Å². The Hall–Kier alpha value is -1.17. The number of Topliss-reactive ketones (excluding diaryl/α,β-unsaturated/α-hetero) is 1. The number of rotatable bonds is 4. The minimum atomic E-state index is -4.75. The molecule has 0 aliphatic heterocycles. The van der Waals surface area contributed by atoms with Gasteiger partial charge in [-0.05, 0) is 12.3 Å². The number of carbonyl (C=O) groups excluding carboxylic acids is 1. The lowest BCUT2D eigenvalue weighted by Gasteiger charge is -2.14. The second kappa shape index (κ2) is 5.44. The maximum Gasteiger partial charge on any atom is 0.573 e. The largest absolute Gasteiger partial charge is 0.573 e. The summed E-state index contributed by atoms with van der Waals surface area (Å²) in [5.41, 5.74) is 0.266. The van der Waals surface area contributed by atoms with Crippen molar-refractivity contribution in [3.05, 3.63) is 23.8 Å². The summed E-state index contributed by atoms with van der Waals surface area (Å²) in [6.45, 7) is 1.66. The topological polar surface area (TPSA) is 26.3 Å². The molecule has 0 saturated heterocycles. The summed E-state index contributed by atoms with van der Waals surface area (Å²) in [7, 11) is 0. The zero-order valence-electron chi connectivity index (χ0n) is 9.30. The molecule has 1 aromatic carbocycles. The zero-order chi connectivity index (χ0) is 13.1. The molecular weight excluding hydrogens is 253 g/mol. The van der Waals surface area contributed by atoms with E-state index >= 15 is 0 Å². The number of alkyl halides is 3. The molecule has 0 aliphatic carbocycles. The van der Waals surface area contributed by atoms with E-state index in [9.17, 15) is 18.0 Å². The molecule has 17 heavy (non-hydrogen) atoms. The maximum absolute atomic E-state index is 12.2. The molecule has 0 spiro atoms. The third-order valence-electron chi connectivity index (χ3n) is 2.03. The van der Waals surface area contributed by atoms with Crippen molar-refractivity contribution in [3.63, 3.8) is 0 Å². The predicted octanol–water partition coefficient (Wildman–Crippen LogP) is 3.90. The molecule has 1 aromatic rings. The van der Waals surface area contributed by atoms with E-state index in [1.807, 2.05) is 0 Å². The van der Waals surface area contributed by atoms with Gasteiger partial charge in [0.1, 0.15) is 5.75 Å². The van der Waals surface area contributed by atoms with Crippen LogP contribution in [0.25, 0.3) is 0 Å². The van der Waals surface area contributed by atoms with Gasteiger partial charge < -0.3 is 4.74 Å². The van der Waals surface area contributed by atoms with Gasteiger partial charge in [-0.15, -0.1) is 24.9 Å². The average Bonchev–Trinajstić information content (AvgIpc) is 2.25. The zero-order valence-corrected chi connectivity index (χ0v) is 10.1. The standard InChI is InChI=1S/C11H11F3O2S/c1-3-8(15)7-5-4-6-9(10(7)17-2)16-11(12,13)14/h4-6H,3H2,1-2H3. The highest BCUT2D eigenvalue weighted by Gasteiger charge is 2.32. The Bertz CT molecular complexity index is 416. The summed E-state index contributed by atoms with van der Waals surface area (Å²) < 4.78 is 40.4. The molecule has 1 rings (SSSR count). The second-order valence-electron chi connectivity index (χ2n) is 3.16. The van der Waals surface area contributed by atoms with Crippen LogP contribution >= 0.6 is 11.8 Å². The van der Waals surface area contributed by atoms with Crippen molar-refractivity contribution in [2.24, 2.45) is 0 Å². The van der Waals surface area contributed by atoms with E-state index in [-0.39, 0.29) is 28.4 Å². The first-order valence-electron chi connectivity index (χ1n) is 4.85. The molecule has 0 atom stereocenters. The molecule has 2 nitrogen and oxygen atoms in total. The van der Waals surface area contributed by atoms with Crippen LogP contribution in [-0.2, 0) is 0 Å². The first-order valence-corrected chi connectivity index (χ1v) is 6.07. The predicted molar refractivity (Wildman–Crippen MR) is 59.5 cm³/mol. The lowest BCUT2D eigenvalue weighted by molar-refractivity contribution is -0.275. The van der Waals surface area contributed by atoms with Crippen molar-refractivity contribution >= 4 is 17.5 Å². The summed E-state index contributed by atoms with van der Waals surface area (Å²) in [5, 5.41) is 0. The molecule has 0 fully saturated rings. The van der Waals surface area contributed by atoms with Gasteiger partial charge in [-0.25, -0.2) is 0 Å². The second-order valence-corrected chi connectivity index (χ2v) is 3.98. The Labute approximate surface area is 101 Å². The number of ether oxygens (including phenoxy) is 1.